The average molecular weight is 253 g/mol. The van der Waals surface area contributed by atoms with Crippen LogP contribution < -0.4 is 10.1 Å². The zero-order chi connectivity index (χ0) is 13.0. The van der Waals surface area contributed by atoms with Crippen LogP contribution in [-0.2, 0) is 18.3 Å². The summed E-state index contributed by atoms with van der Waals surface area (Å²) in [5, 5.41) is 7.84. The van der Waals surface area contributed by atoms with Crippen molar-refractivity contribution in [1.82, 2.24) is 15.1 Å². The molecule has 1 N–H and O–H groups in total. The van der Waals surface area contributed by atoms with Crippen molar-refractivity contribution >= 4 is 0 Å². The second-order valence-corrected chi connectivity index (χ2v) is 4.89. The highest BCUT2D eigenvalue weighted by atomic mass is 16.5. The lowest BCUT2D eigenvalue weighted by atomic mass is 10.1. The number of methoxy groups -OCH3 is 1. The second-order valence-electron chi connectivity index (χ2n) is 4.89. The molecule has 1 atom stereocenters. The Kier molecular flexibility index (Phi) is 4.60. The van der Waals surface area contributed by atoms with Gasteiger partial charge in [0.2, 0.25) is 5.88 Å². The number of hydrogen-bond donors (Lipinski definition) is 1. The highest BCUT2D eigenvalue weighted by Gasteiger charge is 2.16. The number of aromatic nitrogens is 2. The third-order valence-electron chi connectivity index (χ3n) is 3.54. The molecule has 0 aliphatic carbocycles. The van der Waals surface area contributed by atoms with Crippen LogP contribution in [0.2, 0.25) is 0 Å². The van der Waals surface area contributed by atoms with Gasteiger partial charge < -0.3 is 14.8 Å². The van der Waals surface area contributed by atoms with Gasteiger partial charge >= 0.3 is 0 Å². The average Bonchev–Trinajstić information content (AvgIpc) is 2.93. The van der Waals surface area contributed by atoms with Gasteiger partial charge in [0.05, 0.1) is 18.4 Å². The van der Waals surface area contributed by atoms with Crippen molar-refractivity contribution in [2.75, 3.05) is 26.9 Å². The van der Waals surface area contributed by atoms with Gasteiger partial charge in [-0.2, -0.15) is 5.10 Å². The topological polar surface area (TPSA) is 48.3 Å². The molecule has 1 aliphatic heterocycles. The Labute approximate surface area is 108 Å². The molecule has 1 aromatic rings. The van der Waals surface area contributed by atoms with Crippen molar-refractivity contribution in [3.63, 3.8) is 0 Å². The Morgan fingerprint density at radius 3 is 3.06 bits per heavy atom. The molecular formula is C13H23N3O2. The molecule has 102 valence electrons. The van der Waals surface area contributed by atoms with Crippen molar-refractivity contribution in [1.29, 1.82) is 0 Å². The lowest BCUT2D eigenvalue weighted by Gasteiger charge is -2.09. The van der Waals surface area contributed by atoms with E-state index in [-0.39, 0.29) is 0 Å². The quantitative estimate of drug-likeness (QED) is 0.775. The maximum atomic E-state index is 5.37. The first-order valence-corrected chi connectivity index (χ1v) is 6.57. The van der Waals surface area contributed by atoms with Crippen molar-refractivity contribution < 1.29 is 9.47 Å². The maximum absolute atomic E-state index is 5.37. The third-order valence-corrected chi connectivity index (χ3v) is 3.54. The number of hydrogen-bond acceptors (Lipinski definition) is 4. The maximum Gasteiger partial charge on any atom is 0.216 e. The Hall–Kier alpha value is -1.07. The van der Waals surface area contributed by atoms with Crippen LogP contribution >= 0.6 is 0 Å². The van der Waals surface area contributed by atoms with Gasteiger partial charge in [-0.25, -0.2) is 4.68 Å². The molecule has 2 rings (SSSR count). The lowest BCUT2D eigenvalue weighted by molar-refractivity contribution is 0.184. The number of nitrogens with zero attached hydrogens (tertiary/aromatic N) is 2. The van der Waals surface area contributed by atoms with Gasteiger partial charge in [-0.05, 0) is 32.2 Å². The van der Waals surface area contributed by atoms with Crippen molar-refractivity contribution in [2.45, 2.75) is 26.3 Å². The minimum absolute atomic E-state index is 0.731. The predicted octanol–water partition coefficient (Wildman–Crippen LogP) is 1.25. The molecule has 0 aromatic carbocycles. The van der Waals surface area contributed by atoms with Crippen molar-refractivity contribution in [2.24, 2.45) is 13.0 Å². The molecule has 1 unspecified atom stereocenters. The third kappa shape index (κ3) is 3.03. The fraction of sp³-hybridized carbons (Fsp3) is 0.769. The van der Waals surface area contributed by atoms with Crippen molar-refractivity contribution in [3.8, 4) is 5.88 Å². The summed E-state index contributed by atoms with van der Waals surface area (Å²) in [5.74, 6) is 1.58. The van der Waals surface area contributed by atoms with Crippen molar-refractivity contribution in [3.05, 3.63) is 11.3 Å². The Bertz CT molecular complexity index is 384. The predicted molar refractivity (Wildman–Crippen MR) is 69.7 cm³/mol. The Morgan fingerprint density at radius 1 is 1.56 bits per heavy atom. The summed E-state index contributed by atoms with van der Waals surface area (Å²) in [6.07, 6.45) is 2.39. The normalized spacial score (nSPS) is 19.4. The molecule has 5 nitrogen and oxygen atoms in total. The Morgan fingerprint density at radius 2 is 2.39 bits per heavy atom. The molecule has 0 bridgehead atoms. The molecule has 1 saturated heterocycles. The number of ether oxygens (including phenoxy) is 2. The minimum atomic E-state index is 0.731. The van der Waals surface area contributed by atoms with E-state index in [2.05, 4.69) is 10.4 Å². The van der Waals surface area contributed by atoms with E-state index in [1.807, 2.05) is 14.0 Å². The molecule has 5 heteroatoms. The van der Waals surface area contributed by atoms with E-state index in [4.69, 9.17) is 9.47 Å². The second kappa shape index (κ2) is 6.20. The fourth-order valence-electron chi connectivity index (χ4n) is 2.47. The number of aryl methyl sites for hydroxylation is 2. The van der Waals surface area contributed by atoms with Crippen LogP contribution in [0.15, 0.2) is 0 Å². The summed E-state index contributed by atoms with van der Waals surface area (Å²) in [6, 6.07) is 0. The van der Waals surface area contributed by atoms with Gasteiger partial charge in [-0.1, -0.05) is 0 Å². The highest BCUT2D eigenvalue weighted by Crippen LogP contribution is 2.20. The first kappa shape index (κ1) is 13.4. The molecule has 0 radical (unpaired) electrons. The largest absolute Gasteiger partial charge is 0.481 e. The van der Waals surface area contributed by atoms with Crippen LogP contribution in [-0.4, -0.2) is 36.6 Å². The standard InChI is InChI=1S/C13H23N3O2/c1-10-12(13(17-3)16(2)15-10)8-14-6-4-11-5-7-18-9-11/h11,14H,4-9H2,1-3H3. The van der Waals surface area contributed by atoms with E-state index in [1.54, 1.807) is 11.8 Å². The van der Waals surface area contributed by atoms with Crippen LogP contribution in [0.5, 0.6) is 5.88 Å². The molecular weight excluding hydrogens is 230 g/mol. The number of nitrogens with one attached hydrogen (secondary N) is 1. The molecule has 1 aromatic heterocycles. The van der Waals surface area contributed by atoms with Gasteiger partial charge in [0.15, 0.2) is 0 Å². The van der Waals surface area contributed by atoms with Crippen LogP contribution in [0.4, 0.5) is 0 Å². The SMILES string of the molecule is COc1c(CNCCC2CCOC2)c(C)nn1C. The van der Waals surface area contributed by atoms with Gasteiger partial charge in [-0.15, -0.1) is 0 Å². The van der Waals surface area contributed by atoms with Crippen LogP contribution in [0, 0.1) is 12.8 Å². The van der Waals surface area contributed by atoms with E-state index < -0.39 is 0 Å². The van der Waals surface area contributed by atoms with Gasteiger partial charge in [-0.3, -0.25) is 0 Å². The molecule has 0 spiro atoms. The van der Waals surface area contributed by atoms with E-state index in [1.165, 1.54) is 12.8 Å². The summed E-state index contributed by atoms with van der Waals surface area (Å²) in [4.78, 5) is 0. The lowest BCUT2D eigenvalue weighted by Crippen LogP contribution is -2.18. The van der Waals surface area contributed by atoms with Gasteiger partial charge in [0, 0.05) is 26.8 Å². The highest BCUT2D eigenvalue weighted by molar-refractivity contribution is 5.30. The van der Waals surface area contributed by atoms with E-state index in [0.717, 1.165) is 49.4 Å². The molecule has 2 heterocycles. The van der Waals surface area contributed by atoms with E-state index >= 15 is 0 Å². The minimum Gasteiger partial charge on any atom is -0.481 e. The summed E-state index contributed by atoms with van der Waals surface area (Å²) >= 11 is 0. The molecule has 1 aliphatic rings. The monoisotopic (exact) mass is 253 g/mol. The van der Waals surface area contributed by atoms with Crippen LogP contribution in [0.3, 0.4) is 0 Å². The summed E-state index contributed by atoms with van der Waals surface area (Å²) in [6.45, 7) is 5.71. The van der Waals surface area contributed by atoms with Gasteiger partial charge in [0.25, 0.3) is 0 Å². The first-order chi connectivity index (χ1) is 8.72. The zero-order valence-electron chi connectivity index (χ0n) is 11.5. The summed E-state index contributed by atoms with van der Waals surface area (Å²) in [7, 11) is 3.60. The molecule has 18 heavy (non-hydrogen) atoms. The Balaban J connectivity index is 1.78. The van der Waals surface area contributed by atoms with E-state index in [9.17, 15) is 0 Å². The van der Waals surface area contributed by atoms with Gasteiger partial charge in [0.1, 0.15) is 0 Å². The zero-order valence-corrected chi connectivity index (χ0v) is 11.5. The fourth-order valence-corrected chi connectivity index (χ4v) is 2.47. The first-order valence-electron chi connectivity index (χ1n) is 6.57. The molecule has 0 saturated carbocycles. The smallest absolute Gasteiger partial charge is 0.216 e. The van der Waals surface area contributed by atoms with E-state index in [0.29, 0.717) is 0 Å². The van der Waals surface area contributed by atoms with Crippen LogP contribution in [0.25, 0.3) is 0 Å². The molecule has 1 fully saturated rings. The summed E-state index contributed by atoms with van der Waals surface area (Å²) in [5.41, 5.74) is 2.19. The molecule has 0 amide bonds. The summed E-state index contributed by atoms with van der Waals surface area (Å²) < 4.78 is 12.5. The number of rotatable bonds is 6. The van der Waals surface area contributed by atoms with Crippen LogP contribution in [0.1, 0.15) is 24.1 Å².